The number of hydrogen-bond donors (Lipinski definition) is 4. The summed E-state index contributed by atoms with van der Waals surface area (Å²) in [6, 6.07) is -0.989. The van der Waals surface area contributed by atoms with E-state index in [0.29, 0.717) is 0 Å². The van der Waals surface area contributed by atoms with E-state index in [0.717, 1.165) is 0 Å². The van der Waals surface area contributed by atoms with Crippen molar-refractivity contribution in [3.63, 3.8) is 0 Å². The Bertz CT molecular complexity index is 375. The van der Waals surface area contributed by atoms with Crippen molar-refractivity contribution in [2.24, 2.45) is 5.11 Å². The largest absolute Gasteiger partial charge is 0.394 e. The van der Waals surface area contributed by atoms with Gasteiger partial charge in [-0.3, -0.25) is 4.79 Å². The van der Waals surface area contributed by atoms with Gasteiger partial charge in [0, 0.05) is 18.4 Å². The third-order valence-corrected chi connectivity index (χ3v) is 2.79. The summed E-state index contributed by atoms with van der Waals surface area (Å²) in [6.45, 7) is 0.785. The Kier molecular flexibility index (Phi) is 6.65. The molecule has 1 fully saturated rings. The Labute approximate surface area is 114 Å². The van der Waals surface area contributed by atoms with E-state index in [9.17, 15) is 15.0 Å². The van der Waals surface area contributed by atoms with Crippen LogP contribution in [0, 0.1) is 0 Å². The Morgan fingerprint density at radius 2 is 2.20 bits per heavy atom. The summed E-state index contributed by atoms with van der Waals surface area (Å²) in [7, 11) is 0. The van der Waals surface area contributed by atoms with Gasteiger partial charge in [0.2, 0.25) is 5.91 Å². The lowest BCUT2D eigenvalue weighted by Crippen LogP contribution is -2.64. The van der Waals surface area contributed by atoms with Crippen molar-refractivity contribution in [3.05, 3.63) is 10.4 Å². The average Bonchev–Trinajstić information content (AvgIpc) is 2.41. The van der Waals surface area contributed by atoms with Crippen LogP contribution in [-0.2, 0) is 14.3 Å². The molecule has 1 aliphatic heterocycles. The first-order chi connectivity index (χ1) is 9.51. The monoisotopic (exact) mass is 290 g/mol. The third kappa shape index (κ3) is 4.30. The Morgan fingerprint density at radius 3 is 2.75 bits per heavy atom. The summed E-state index contributed by atoms with van der Waals surface area (Å²) < 4.78 is 10.5. The molecule has 0 aromatic rings. The van der Waals surface area contributed by atoms with Crippen LogP contribution >= 0.6 is 0 Å². The lowest BCUT2D eigenvalue weighted by molar-refractivity contribution is -0.269. The average molecular weight is 290 g/mol. The zero-order chi connectivity index (χ0) is 15.1. The van der Waals surface area contributed by atoms with Crippen molar-refractivity contribution in [2.75, 3.05) is 19.8 Å². The van der Waals surface area contributed by atoms with Crippen molar-refractivity contribution in [1.82, 2.24) is 5.32 Å². The van der Waals surface area contributed by atoms with E-state index in [1.807, 2.05) is 0 Å². The standard InChI is InChI=1S/C10H18N4O6/c1-5(16)13-7-9(18)8(17)6(4-15)20-10(7)19-3-2-12-14-11/h6-10,15,17-18H,2-4H2,1H3,(H,13,16)/t6-,7-,8-,9-,10?/m1/s1. The van der Waals surface area contributed by atoms with Crippen LogP contribution in [-0.4, -0.2) is 71.6 Å². The SMILES string of the molecule is CC(=O)N[C@H]1C(OCCN=[N+]=[N-])O[C@H](CO)[C@@H](O)[C@@H]1O. The molecule has 1 unspecified atom stereocenters. The first-order valence-electron chi connectivity index (χ1n) is 6.03. The molecule has 0 aliphatic carbocycles. The third-order valence-electron chi connectivity index (χ3n) is 2.79. The molecule has 0 aromatic carbocycles. The molecule has 1 rings (SSSR count). The van der Waals surface area contributed by atoms with E-state index in [1.54, 1.807) is 0 Å². The maximum Gasteiger partial charge on any atom is 0.217 e. The molecule has 0 radical (unpaired) electrons. The molecule has 10 heteroatoms. The summed E-state index contributed by atoms with van der Waals surface area (Å²) in [5.74, 6) is -0.434. The topological polar surface area (TPSA) is 157 Å². The lowest BCUT2D eigenvalue weighted by atomic mass is 9.97. The normalized spacial score (nSPS) is 33.3. The van der Waals surface area contributed by atoms with Gasteiger partial charge in [-0.15, -0.1) is 0 Å². The van der Waals surface area contributed by atoms with Gasteiger partial charge < -0.3 is 30.1 Å². The number of carbonyl (C=O) groups is 1. The van der Waals surface area contributed by atoms with Crippen LogP contribution in [0.25, 0.3) is 10.4 Å². The summed E-state index contributed by atoms with van der Waals surface area (Å²) >= 11 is 0. The number of aliphatic hydroxyl groups is 3. The number of ether oxygens (including phenoxy) is 2. The molecule has 0 bridgehead atoms. The fourth-order valence-corrected chi connectivity index (χ4v) is 1.87. The van der Waals surface area contributed by atoms with Gasteiger partial charge in [0.1, 0.15) is 24.4 Å². The minimum atomic E-state index is -1.35. The van der Waals surface area contributed by atoms with Crippen molar-refractivity contribution in [1.29, 1.82) is 0 Å². The van der Waals surface area contributed by atoms with Gasteiger partial charge in [-0.25, -0.2) is 0 Å². The maximum absolute atomic E-state index is 11.1. The first kappa shape index (κ1) is 16.6. The zero-order valence-electron chi connectivity index (χ0n) is 10.9. The summed E-state index contributed by atoms with van der Waals surface area (Å²) in [6.07, 6.45) is -4.80. The minimum Gasteiger partial charge on any atom is -0.394 e. The number of hydrogen-bond acceptors (Lipinski definition) is 7. The van der Waals surface area contributed by atoms with Crippen LogP contribution in [0.4, 0.5) is 0 Å². The number of carbonyl (C=O) groups excluding carboxylic acids is 1. The highest BCUT2D eigenvalue weighted by atomic mass is 16.7. The second kappa shape index (κ2) is 8.00. The highest BCUT2D eigenvalue weighted by Gasteiger charge is 2.45. The highest BCUT2D eigenvalue weighted by Crippen LogP contribution is 2.22. The molecule has 10 nitrogen and oxygen atoms in total. The molecule has 1 amide bonds. The smallest absolute Gasteiger partial charge is 0.217 e. The van der Waals surface area contributed by atoms with Crippen LogP contribution < -0.4 is 5.32 Å². The fraction of sp³-hybridized carbons (Fsp3) is 0.900. The molecule has 1 aliphatic rings. The fourth-order valence-electron chi connectivity index (χ4n) is 1.87. The molecule has 20 heavy (non-hydrogen) atoms. The molecule has 114 valence electrons. The van der Waals surface area contributed by atoms with Crippen molar-refractivity contribution < 1.29 is 29.6 Å². The molecule has 1 saturated heterocycles. The van der Waals surface area contributed by atoms with Crippen LogP contribution in [0.15, 0.2) is 5.11 Å². The Morgan fingerprint density at radius 1 is 1.50 bits per heavy atom. The van der Waals surface area contributed by atoms with E-state index in [2.05, 4.69) is 15.3 Å². The summed E-state index contributed by atoms with van der Waals surface area (Å²) in [5, 5.41) is 34.4. The van der Waals surface area contributed by atoms with Gasteiger partial charge in [-0.05, 0) is 5.53 Å². The van der Waals surface area contributed by atoms with E-state index in [-0.39, 0.29) is 13.2 Å². The molecule has 0 spiro atoms. The molecular formula is C10H18N4O6. The number of nitrogens with one attached hydrogen (secondary N) is 1. The van der Waals surface area contributed by atoms with Crippen LogP contribution in [0.2, 0.25) is 0 Å². The van der Waals surface area contributed by atoms with Crippen LogP contribution in [0.3, 0.4) is 0 Å². The van der Waals surface area contributed by atoms with E-state index in [1.165, 1.54) is 6.92 Å². The first-order valence-corrected chi connectivity index (χ1v) is 6.03. The van der Waals surface area contributed by atoms with E-state index in [4.69, 9.17) is 20.1 Å². The second-order valence-electron chi connectivity index (χ2n) is 4.26. The maximum atomic E-state index is 11.1. The Balaban J connectivity index is 2.72. The number of azide groups is 1. The minimum absolute atomic E-state index is 0.00573. The predicted molar refractivity (Wildman–Crippen MR) is 65.3 cm³/mol. The van der Waals surface area contributed by atoms with Gasteiger partial charge in [-0.2, -0.15) is 0 Å². The number of nitrogens with zero attached hydrogens (tertiary/aromatic N) is 3. The number of aliphatic hydroxyl groups excluding tert-OH is 3. The summed E-state index contributed by atoms with van der Waals surface area (Å²) in [4.78, 5) is 13.7. The van der Waals surface area contributed by atoms with Crippen LogP contribution in [0.1, 0.15) is 6.92 Å². The van der Waals surface area contributed by atoms with Crippen molar-refractivity contribution in [3.8, 4) is 0 Å². The quantitative estimate of drug-likeness (QED) is 0.197. The lowest BCUT2D eigenvalue weighted by Gasteiger charge is -2.42. The van der Waals surface area contributed by atoms with Crippen molar-refractivity contribution >= 4 is 5.91 Å². The predicted octanol–water partition coefficient (Wildman–Crippen LogP) is -1.74. The van der Waals surface area contributed by atoms with Crippen molar-refractivity contribution in [2.45, 2.75) is 37.6 Å². The van der Waals surface area contributed by atoms with E-state index < -0.39 is 43.2 Å². The second-order valence-corrected chi connectivity index (χ2v) is 4.26. The molecule has 5 atom stereocenters. The molecule has 0 aromatic heterocycles. The zero-order valence-corrected chi connectivity index (χ0v) is 10.9. The van der Waals surface area contributed by atoms with Gasteiger partial charge in [0.25, 0.3) is 0 Å². The van der Waals surface area contributed by atoms with Gasteiger partial charge in [0.05, 0.1) is 13.2 Å². The Hall–Kier alpha value is -1.42. The van der Waals surface area contributed by atoms with Gasteiger partial charge in [-0.1, -0.05) is 5.11 Å². The van der Waals surface area contributed by atoms with Gasteiger partial charge in [0.15, 0.2) is 6.29 Å². The van der Waals surface area contributed by atoms with E-state index >= 15 is 0 Å². The van der Waals surface area contributed by atoms with Gasteiger partial charge >= 0.3 is 0 Å². The molecule has 0 saturated carbocycles. The molecule has 1 heterocycles. The number of rotatable bonds is 6. The summed E-state index contributed by atoms with van der Waals surface area (Å²) in [5.41, 5.74) is 8.14. The number of amides is 1. The highest BCUT2D eigenvalue weighted by molar-refractivity contribution is 5.73. The molecular weight excluding hydrogens is 272 g/mol. The molecule has 4 N–H and O–H groups in total. The van der Waals surface area contributed by atoms with Crippen LogP contribution in [0.5, 0.6) is 0 Å².